The quantitative estimate of drug-likeness (QED) is 0.233. The number of hydrogen-bond acceptors (Lipinski definition) is 3. The van der Waals surface area contributed by atoms with Gasteiger partial charge in [0, 0.05) is 12.0 Å². The minimum atomic E-state index is -1.91. The zero-order valence-electron chi connectivity index (χ0n) is 21.6. The average molecular weight is 445 g/mol. The first-order valence-electron chi connectivity index (χ1n) is 11.8. The molecule has 1 aromatic rings. The van der Waals surface area contributed by atoms with Crippen molar-refractivity contribution in [1.29, 1.82) is 0 Å². The van der Waals surface area contributed by atoms with Gasteiger partial charge in [-0.25, -0.2) is 0 Å². The number of fused-ring (bicyclic) bond motifs is 1. The summed E-state index contributed by atoms with van der Waals surface area (Å²) in [5, 5.41) is 0.169. The largest absolute Gasteiger partial charge is 0.543 e. The highest BCUT2D eigenvalue weighted by Crippen LogP contribution is 2.47. The molecule has 1 aromatic carbocycles. The van der Waals surface area contributed by atoms with E-state index < -0.39 is 8.32 Å². The van der Waals surface area contributed by atoms with E-state index in [2.05, 4.69) is 74.6 Å². The van der Waals surface area contributed by atoms with Crippen LogP contribution in [0.15, 0.2) is 11.6 Å². The van der Waals surface area contributed by atoms with Crippen LogP contribution in [0.5, 0.6) is 11.5 Å². The molecule has 1 unspecified atom stereocenters. The third-order valence-electron chi connectivity index (χ3n) is 7.55. The highest BCUT2D eigenvalue weighted by Gasteiger charge is 2.41. The third kappa shape index (κ3) is 5.82. The molecular formula is C27H44O3Si. The molecule has 0 N–H and O–H groups in total. The molecular weight excluding hydrogens is 400 g/mol. The minimum absolute atomic E-state index is 0.153. The molecule has 0 spiro atoms. The first-order valence-corrected chi connectivity index (χ1v) is 14.7. The van der Waals surface area contributed by atoms with Crippen LogP contribution in [0.2, 0.25) is 18.1 Å². The number of rotatable bonds is 8. The lowest BCUT2D eigenvalue weighted by Crippen LogP contribution is -2.44. The topological polar surface area (TPSA) is 35.5 Å². The van der Waals surface area contributed by atoms with Gasteiger partial charge >= 0.3 is 0 Å². The fraction of sp³-hybridized carbons (Fsp3) is 0.667. The van der Waals surface area contributed by atoms with Crippen LogP contribution < -0.4 is 9.16 Å². The predicted molar refractivity (Wildman–Crippen MR) is 134 cm³/mol. The van der Waals surface area contributed by atoms with Crippen LogP contribution in [-0.2, 0) is 11.2 Å². The van der Waals surface area contributed by atoms with E-state index in [1.54, 1.807) is 0 Å². The molecule has 4 heteroatoms. The number of carbonyl (C=O) groups excluding carboxylic acids is 1. The van der Waals surface area contributed by atoms with Crippen molar-refractivity contribution in [3.63, 3.8) is 0 Å². The van der Waals surface area contributed by atoms with E-state index in [-0.39, 0.29) is 10.6 Å². The van der Waals surface area contributed by atoms with E-state index in [1.807, 2.05) is 0 Å². The average Bonchev–Trinajstić information content (AvgIpc) is 2.67. The zero-order chi connectivity index (χ0) is 23.6. The summed E-state index contributed by atoms with van der Waals surface area (Å²) in [6.07, 6.45) is 8.76. The maximum Gasteiger partial charge on any atom is 0.250 e. The van der Waals surface area contributed by atoms with Crippen LogP contribution in [-0.4, -0.2) is 20.2 Å². The van der Waals surface area contributed by atoms with Crippen LogP contribution >= 0.6 is 0 Å². The lowest BCUT2D eigenvalue weighted by Gasteiger charge is -2.41. The first-order chi connectivity index (χ1) is 14.2. The molecule has 3 nitrogen and oxygen atoms in total. The Labute approximate surface area is 191 Å². The van der Waals surface area contributed by atoms with Gasteiger partial charge in [-0.2, -0.15) is 0 Å². The molecule has 0 radical (unpaired) electrons. The first kappa shape index (κ1) is 25.7. The second kappa shape index (κ2) is 9.52. The standard InChI is InChI=1S/C27H44O3Si/c1-19(14-12-18-28)13-11-16-27(8)17-15-23-22(4)24(20(2)21(3)25(23)29-27)30-31(9,10)26(5,6)7/h13,18H,11-12,14-17H2,1-10H3/b19-13+. The van der Waals surface area contributed by atoms with E-state index in [1.165, 1.54) is 27.8 Å². The van der Waals surface area contributed by atoms with Crippen LogP contribution in [0.4, 0.5) is 0 Å². The molecule has 0 aliphatic carbocycles. The molecule has 0 saturated carbocycles. The molecule has 31 heavy (non-hydrogen) atoms. The number of benzene rings is 1. The van der Waals surface area contributed by atoms with Crippen molar-refractivity contribution in [3.05, 3.63) is 33.9 Å². The predicted octanol–water partition coefficient (Wildman–Crippen LogP) is 7.79. The van der Waals surface area contributed by atoms with Gasteiger partial charge in [-0.15, -0.1) is 0 Å². The van der Waals surface area contributed by atoms with Gasteiger partial charge in [0.2, 0.25) is 0 Å². The molecule has 1 heterocycles. The van der Waals surface area contributed by atoms with Gasteiger partial charge in [0.1, 0.15) is 23.4 Å². The summed E-state index contributed by atoms with van der Waals surface area (Å²) in [7, 11) is -1.91. The van der Waals surface area contributed by atoms with Gasteiger partial charge in [0.15, 0.2) is 0 Å². The normalized spacial score (nSPS) is 19.6. The molecule has 0 aromatic heterocycles. The SMILES string of the molecule is C/C(=C\CCC1(C)CCc2c(C)c(O[Si](C)(C)C(C)(C)C)c(C)c(C)c2O1)CCC=O. The van der Waals surface area contributed by atoms with E-state index >= 15 is 0 Å². The lowest BCUT2D eigenvalue weighted by atomic mass is 9.85. The van der Waals surface area contributed by atoms with Gasteiger partial charge in [0.05, 0.1) is 0 Å². The molecule has 1 aliphatic rings. The summed E-state index contributed by atoms with van der Waals surface area (Å²) in [5.41, 5.74) is 6.16. The maximum absolute atomic E-state index is 10.6. The molecule has 0 amide bonds. The second-order valence-electron chi connectivity index (χ2n) is 11.2. The van der Waals surface area contributed by atoms with Crippen molar-refractivity contribution >= 4 is 14.6 Å². The zero-order valence-corrected chi connectivity index (χ0v) is 22.6. The number of carbonyl (C=O) groups is 1. The van der Waals surface area contributed by atoms with Gasteiger partial charge in [0.25, 0.3) is 8.32 Å². The Kier molecular flexibility index (Phi) is 7.89. The Hall–Kier alpha value is -1.55. The van der Waals surface area contributed by atoms with Crippen LogP contribution in [0.25, 0.3) is 0 Å². The smallest absolute Gasteiger partial charge is 0.250 e. The van der Waals surface area contributed by atoms with Crippen molar-refractivity contribution < 1.29 is 14.0 Å². The fourth-order valence-corrected chi connectivity index (χ4v) is 5.15. The Morgan fingerprint density at radius 2 is 1.77 bits per heavy atom. The van der Waals surface area contributed by atoms with Gasteiger partial charge < -0.3 is 14.0 Å². The second-order valence-corrected chi connectivity index (χ2v) is 15.9. The number of aldehydes is 1. The summed E-state index contributed by atoms with van der Waals surface area (Å²) in [4.78, 5) is 10.6. The van der Waals surface area contributed by atoms with Crippen LogP contribution in [0, 0.1) is 20.8 Å². The molecule has 0 saturated heterocycles. The van der Waals surface area contributed by atoms with Crippen molar-refractivity contribution in [2.45, 2.75) is 118 Å². The highest BCUT2D eigenvalue weighted by molar-refractivity contribution is 6.74. The molecule has 2 rings (SSSR count). The monoisotopic (exact) mass is 444 g/mol. The molecule has 0 fully saturated rings. The van der Waals surface area contributed by atoms with Gasteiger partial charge in [-0.3, -0.25) is 0 Å². The minimum Gasteiger partial charge on any atom is -0.543 e. The number of hydrogen-bond donors (Lipinski definition) is 0. The van der Waals surface area contributed by atoms with Crippen molar-refractivity contribution in [1.82, 2.24) is 0 Å². The van der Waals surface area contributed by atoms with Gasteiger partial charge in [-0.1, -0.05) is 32.4 Å². The van der Waals surface area contributed by atoms with E-state index in [0.717, 1.165) is 49.9 Å². The maximum atomic E-state index is 10.6. The lowest BCUT2D eigenvalue weighted by molar-refractivity contribution is -0.107. The van der Waals surface area contributed by atoms with Crippen molar-refractivity contribution in [2.75, 3.05) is 0 Å². The van der Waals surface area contributed by atoms with E-state index in [4.69, 9.17) is 9.16 Å². The summed E-state index contributed by atoms with van der Waals surface area (Å²) in [5.74, 6) is 2.16. The Morgan fingerprint density at radius 1 is 1.13 bits per heavy atom. The number of ether oxygens (including phenoxy) is 1. The van der Waals surface area contributed by atoms with Crippen LogP contribution in [0.1, 0.15) is 89.0 Å². The molecule has 0 bridgehead atoms. The summed E-state index contributed by atoms with van der Waals surface area (Å²) >= 11 is 0. The third-order valence-corrected chi connectivity index (χ3v) is 11.9. The Morgan fingerprint density at radius 3 is 2.35 bits per heavy atom. The molecule has 1 atom stereocenters. The van der Waals surface area contributed by atoms with E-state index in [9.17, 15) is 4.79 Å². The fourth-order valence-electron chi connectivity index (χ4n) is 4.03. The summed E-state index contributed by atoms with van der Waals surface area (Å²) in [6.45, 7) is 22.4. The Balaban J connectivity index is 2.27. The van der Waals surface area contributed by atoms with Crippen LogP contribution in [0.3, 0.4) is 0 Å². The summed E-state index contributed by atoms with van der Waals surface area (Å²) in [6, 6.07) is 0. The Bertz CT molecular complexity index is 845. The summed E-state index contributed by atoms with van der Waals surface area (Å²) < 4.78 is 13.5. The highest BCUT2D eigenvalue weighted by atomic mass is 28.4. The molecule has 1 aliphatic heterocycles. The van der Waals surface area contributed by atoms with Crippen molar-refractivity contribution in [3.8, 4) is 11.5 Å². The molecule has 174 valence electrons. The van der Waals surface area contributed by atoms with Gasteiger partial charge in [-0.05, 0) is 102 Å². The number of allylic oxidation sites excluding steroid dienone is 2. The van der Waals surface area contributed by atoms with Crippen molar-refractivity contribution in [2.24, 2.45) is 0 Å². The van der Waals surface area contributed by atoms with E-state index in [0.29, 0.717) is 6.42 Å².